The zero-order chi connectivity index (χ0) is 16.1. The Morgan fingerprint density at radius 3 is 2.41 bits per heavy atom. The van der Waals surface area contributed by atoms with Gasteiger partial charge >= 0.3 is 0 Å². The predicted molar refractivity (Wildman–Crippen MR) is 87.4 cm³/mol. The van der Waals surface area contributed by atoms with E-state index in [4.69, 9.17) is 0 Å². The molecule has 118 valence electrons. The molecule has 1 atom stereocenters. The van der Waals surface area contributed by atoms with E-state index in [1.165, 1.54) is 12.1 Å². The molecule has 0 aliphatic rings. The Morgan fingerprint density at radius 1 is 1.14 bits per heavy atom. The molecule has 1 unspecified atom stereocenters. The van der Waals surface area contributed by atoms with Gasteiger partial charge in [-0.2, -0.15) is 0 Å². The molecule has 0 saturated heterocycles. The zero-order valence-corrected chi connectivity index (χ0v) is 13.3. The first kappa shape index (κ1) is 16.4. The van der Waals surface area contributed by atoms with Gasteiger partial charge in [0.15, 0.2) is 0 Å². The molecule has 0 radical (unpaired) electrons. The smallest absolute Gasteiger partial charge is 0.128 e. The Hall–Kier alpha value is -1.94. The minimum atomic E-state index is -0.679. The molecule has 0 saturated carbocycles. The SMILES string of the molecule is Cc1ccnc(N(CC(C)C)CC(O)c2ccc(F)cc2)c1. The van der Waals surface area contributed by atoms with Crippen LogP contribution in [0.2, 0.25) is 0 Å². The van der Waals surface area contributed by atoms with Crippen molar-refractivity contribution in [2.75, 3.05) is 18.0 Å². The molecule has 22 heavy (non-hydrogen) atoms. The number of rotatable bonds is 6. The molecule has 1 aromatic carbocycles. The average Bonchev–Trinajstić information content (AvgIpc) is 2.46. The zero-order valence-electron chi connectivity index (χ0n) is 13.3. The maximum absolute atomic E-state index is 13.0. The highest BCUT2D eigenvalue weighted by Gasteiger charge is 2.16. The lowest BCUT2D eigenvalue weighted by molar-refractivity contribution is 0.182. The van der Waals surface area contributed by atoms with Crippen molar-refractivity contribution in [2.24, 2.45) is 5.92 Å². The summed E-state index contributed by atoms with van der Waals surface area (Å²) in [4.78, 5) is 6.48. The fraction of sp³-hybridized carbons (Fsp3) is 0.389. The van der Waals surface area contributed by atoms with E-state index >= 15 is 0 Å². The van der Waals surface area contributed by atoms with Gasteiger partial charge in [-0.3, -0.25) is 0 Å². The summed E-state index contributed by atoms with van der Waals surface area (Å²) in [5.41, 5.74) is 1.85. The maximum atomic E-state index is 13.0. The summed E-state index contributed by atoms with van der Waals surface area (Å²) in [5, 5.41) is 10.4. The first-order valence-corrected chi connectivity index (χ1v) is 7.57. The first-order valence-electron chi connectivity index (χ1n) is 7.57. The molecule has 2 aromatic rings. The number of pyridine rings is 1. The van der Waals surface area contributed by atoms with Crippen LogP contribution in [0.5, 0.6) is 0 Å². The summed E-state index contributed by atoms with van der Waals surface area (Å²) in [6, 6.07) is 9.95. The van der Waals surface area contributed by atoms with Crippen LogP contribution in [0.25, 0.3) is 0 Å². The van der Waals surface area contributed by atoms with E-state index in [0.29, 0.717) is 18.0 Å². The molecule has 0 aliphatic carbocycles. The molecule has 0 aliphatic heterocycles. The van der Waals surface area contributed by atoms with Gasteiger partial charge in [0.25, 0.3) is 0 Å². The van der Waals surface area contributed by atoms with Gasteiger partial charge in [-0.25, -0.2) is 9.37 Å². The summed E-state index contributed by atoms with van der Waals surface area (Å²) in [6.45, 7) is 7.52. The number of aromatic nitrogens is 1. The van der Waals surface area contributed by atoms with Crippen molar-refractivity contribution >= 4 is 5.82 Å². The second-order valence-electron chi connectivity index (χ2n) is 6.06. The van der Waals surface area contributed by atoms with E-state index in [-0.39, 0.29) is 5.82 Å². The lowest BCUT2D eigenvalue weighted by atomic mass is 10.1. The quantitative estimate of drug-likeness (QED) is 0.883. The third kappa shape index (κ3) is 4.53. The van der Waals surface area contributed by atoms with Gasteiger partial charge in [0.05, 0.1) is 6.10 Å². The monoisotopic (exact) mass is 302 g/mol. The van der Waals surface area contributed by atoms with Gasteiger partial charge in [-0.15, -0.1) is 0 Å². The number of hydrogen-bond donors (Lipinski definition) is 1. The minimum Gasteiger partial charge on any atom is -0.387 e. The molecule has 4 heteroatoms. The Bertz CT molecular complexity index is 598. The third-order valence-corrected chi connectivity index (χ3v) is 3.46. The van der Waals surface area contributed by atoms with Gasteiger partial charge in [-0.1, -0.05) is 26.0 Å². The number of hydrogen-bond acceptors (Lipinski definition) is 3. The number of benzene rings is 1. The van der Waals surface area contributed by atoms with Crippen LogP contribution in [0.4, 0.5) is 10.2 Å². The lowest BCUT2D eigenvalue weighted by Gasteiger charge is -2.28. The molecule has 1 heterocycles. The highest BCUT2D eigenvalue weighted by atomic mass is 19.1. The second-order valence-corrected chi connectivity index (χ2v) is 6.06. The summed E-state index contributed by atoms with van der Waals surface area (Å²) in [7, 11) is 0. The third-order valence-electron chi connectivity index (χ3n) is 3.46. The molecule has 3 nitrogen and oxygen atoms in total. The van der Waals surface area contributed by atoms with E-state index in [0.717, 1.165) is 17.9 Å². The molecular formula is C18H23FN2O. The number of aliphatic hydroxyl groups is 1. The fourth-order valence-electron chi connectivity index (χ4n) is 2.39. The van der Waals surface area contributed by atoms with Gasteiger partial charge < -0.3 is 10.0 Å². The van der Waals surface area contributed by atoms with Gasteiger partial charge in [0.1, 0.15) is 11.6 Å². The van der Waals surface area contributed by atoms with Crippen molar-refractivity contribution in [2.45, 2.75) is 26.9 Å². The largest absolute Gasteiger partial charge is 0.387 e. The Balaban J connectivity index is 2.17. The van der Waals surface area contributed by atoms with Crippen molar-refractivity contribution in [3.05, 3.63) is 59.5 Å². The average molecular weight is 302 g/mol. The number of halogens is 1. The van der Waals surface area contributed by atoms with E-state index in [2.05, 4.69) is 23.7 Å². The van der Waals surface area contributed by atoms with Crippen LogP contribution in [0.15, 0.2) is 42.6 Å². The van der Waals surface area contributed by atoms with Gasteiger partial charge in [0, 0.05) is 19.3 Å². The summed E-state index contributed by atoms with van der Waals surface area (Å²) in [6.07, 6.45) is 1.10. The molecule has 2 rings (SSSR count). The molecule has 0 amide bonds. The predicted octanol–water partition coefficient (Wildman–Crippen LogP) is 3.73. The minimum absolute atomic E-state index is 0.296. The second kappa shape index (κ2) is 7.36. The number of anilines is 1. The molecule has 1 N–H and O–H groups in total. The van der Waals surface area contributed by atoms with Crippen LogP contribution in [0.1, 0.15) is 31.1 Å². The normalized spacial score (nSPS) is 12.5. The summed E-state index contributed by atoms with van der Waals surface area (Å²) < 4.78 is 13.0. The first-order chi connectivity index (χ1) is 10.5. The fourth-order valence-corrected chi connectivity index (χ4v) is 2.39. The van der Waals surface area contributed by atoms with Crippen LogP contribution >= 0.6 is 0 Å². The number of aryl methyl sites for hydroxylation is 1. The Kier molecular flexibility index (Phi) is 5.50. The van der Waals surface area contributed by atoms with Crippen LogP contribution in [-0.4, -0.2) is 23.2 Å². The summed E-state index contributed by atoms with van der Waals surface area (Å²) >= 11 is 0. The van der Waals surface area contributed by atoms with Crippen LogP contribution < -0.4 is 4.90 Å². The highest BCUT2D eigenvalue weighted by molar-refractivity contribution is 5.41. The van der Waals surface area contributed by atoms with E-state index in [1.54, 1.807) is 18.3 Å². The molecule has 1 aromatic heterocycles. The molecule has 0 bridgehead atoms. The van der Waals surface area contributed by atoms with Crippen molar-refractivity contribution in [1.29, 1.82) is 0 Å². The molecular weight excluding hydrogens is 279 g/mol. The standard InChI is InChI=1S/C18H23FN2O/c1-13(2)11-21(18-10-14(3)8-9-20-18)12-17(22)15-4-6-16(19)7-5-15/h4-10,13,17,22H,11-12H2,1-3H3. The molecule has 0 fully saturated rings. The van der Waals surface area contributed by atoms with Crippen molar-refractivity contribution in [3.63, 3.8) is 0 Å². The Labute approximate surface area is 131 Å². The van der Waals surface area contributed by atoms with Crippen LogP contribution in [-0.2, 0) is 0 Å². The highest BCUT2D eigenvalue weighted by Crippen LogP contribution is 2.20. The van der Waals surface area contributed by atoms with Gasteiger partial charge in [-0.05, 0) is 48.2 Å². The van der Waals surface area contributed by atoms with Crippen LogP contribution in [0.3, 0.4) is 0 Å². The number of nitrogens with zero attached hydrogens (tertiary/aromatic N) is 2. The van der Waals surface area contributed by atoms with Crippen molar-refractivity contribution in [3.8, 4) is 0 Å². The number of aliphatic hydroxyl groups excluding tert-OH is 1. The van der Waals surface area contributed by atoms with E-state index in [1.807, 2.05) is 19.1 Å². The summed E-state index contributed by atoms with van der Waals surface area (Å²) in [5.74, 6) is 1.01. The maximum Gasteiger partial charge on any atom is 0.128 e. The molecule has 0 spiro atoms. The van der Waals surface area contributed by atoms with Crippen LogP contribution in [0, 0.1) is 18.7 Å². The van der Waals surface area contributed by atoms with Crippen molar-refractivity contribution in [1.82, 2.24) is 4.98 Å². The topological polar surface area (TPSA) is 36.4 Å². The Morgan fingerprint density at radius 2 is 1.82 bits per heavy atom. The van der Waals surface area contributed by atoms with E-state index in [9.17, 15) is 9.50 Å². The van der Waals surface area contributed by atoms with Gasteiger partial charge in [0.2, 0.25) is 0 Å². The lowest BCUT2D eigenvalue weighted by Crippen LogP contribution is -2.32. The van der Waals surface area contributed by atoms with E-state index < -0.39 is 6.10 Å². The van der Waals surface area contributed by atoms with Crippen molar-refractivity contribution < 1.29 is 9.50 Å².